The maximum atomic E-state index is 12.6. The Labute approximate surface area is 134 Å². The quantitative estimate of drug-likeness (QED) is 0.784. The van der Waals surface area contributed by atoms with Crippen molar-refractivity contribution in [3.63, 3.8) is 0 Å². The summed E-state index contributed by atoms with van der Waals surface area (Å²) in [5.74, 6) is 0.595. The predicted octanol–water partition coefficient (Wildman–Crippen LogP) is 2.83. The van der Waals surface area contributed by atoms with E-state index in [0.29, 0.717) is 18.5 Å². The lowest BCUT2D eigenvalue weighted by atomic mass is 10.1. The summed E-state index contributed by atoms with van der Waals surface area (Å²) in [6.07, 6.45) is 1.02. The molecule has 1 aromatic carbocycles. The lowest BCUT2D eigenvalue weighted by Gasteiger charge is -2.22. The highest BCUT2D eigenvalue weighted by Crippen LogP contribution is 2.26. The van der Waals surface area contributed by atoms with Crippen molar-refractivity contribution in [1.82, 2.24) is 4.90 Å². The summed E-state index contributed by atoms with van der Waals surface area (Å²) in [6.45, 7) is 5.60. The van der Waals surface area contributed by atoms with Gasteiger partial charge in [0.2, 0.25) is 0 Å². The van der Waals surface area contributed by atoms with Gasteiger partial charge in [0.05, 0.1) is 5.56 Å². The van der Waals surface area contributed by atoms with Crippen molar-refractivity contribution in [2.75, 3.05) is 13.1 Å². The molecule has 0 bridgehead atoms. The zero-order valence-electron chi connectivity index (χ0n) is 11.2. The molecule has 2 unspecified atom stereocenters. The lowest BCUT2D eigenvalue weighted by Crippen LogP contribution is -2.35. The zero-order chi connectivity index (χ0) is 13.3. The Balaban J connectivity index is 0.00000180. The molecule has 2 N–H and O–H groups in total. The molecule has 2 atom stereocenters. The molecule has 1 fully saturated rings. The number of amides is 1. The minimum Gasteiger partial charge on any atom is -0.336 e. The van der Waals surface area contributed by atoms with Crippen LogP contribution >= 0.6 is 35.0 Å². The van der Waals surface area contributed by atoms with E-state index in [4.69, 9.17) is 5.73 Å². The molecule has 2 rings (SSSR count). The van der Waals surface area contributed by atoms with E-state index in [1.807, 2.05) is 30.0 Å². The van der Waals surface area contributed by atoms with Crippen LogP contribution in [0.15, 0.2) is 18.2 Å². The summed E-state index contributed by atoms with van der Waals surface area (Å²) in [7, 11) is 0. The van der Waals surface area contributed by atoms with Crippen LogP contribution in [0.5, 0.6) is 0 Å². The van der Waals surface area contributed by atoms with Gasteiger partial charge in [-0.15, -0.1) is 12.4 Å². The fraction of sp³-hybridized carbons (Fsp3) is 0.500. The van der Waals surface area contributed by atoms with Crippen LogP contribution in [0.25, 0.3) is 0 Å². The van der Waals surface area contributed by atoms with E-state index in [2.05, 4.69) is 29.5 Å². The maximum absolute atomic E-state index is 12.6. The normalized spacial score (nSPS) is 22.2. The number of nitrogens with two attached hydrogens (primary N) is 1. The van der Waals surface area contributed by atoms with Gasteiger partial charge in [-0.05, 0) is 67.0 Å². The first kappa shape index (κ1) is 16.7. The Morgan fingerprint density at radius 2 is 2.21 bits per heavy atom. The molecule has 106 valence electrons. The average Bonchev–Trinajstić information content (AvgIpc) is 2.73. The highest BCUT2D eigenvalue weighted by atomic mass is 127. The van der Waals surface area contributed by atoms with E-state index >= 15 is 0 Å². The summed E-state index contributed by atoms with van der Waals surface area (Å²) < 4.78 is 1.06. The van der Waals surface area contributed by atoms with Gasteiger partial charge in [0.25, 0.3) is 5.91 Å². The van der Waals surface area contributed by atoms with E-state index in [9.17, 15) is 4.79 Å². The van der Waals surface area contributed by atoms with Gasteiger partial charge >= 0.3 is 0 Å². The average molecular weight is 395 g/mol. The van der Waals surface area contributed by atoms with Gasteiger partial charge in [-0.2, -0.15) is 0 Å². The fourth-order valence-electron chi connectivity index (χ4n) is 2.56. The Bertz CT molecular complexity index is 467. The number of hydrogen-bond acceptors (Lipinski definition) is 2. The fourth-order valence-corrected chi connectivity index (χ4v) is 3.15. The minimum atomic E-state index is 0. The zero-order valence-corrected chi connectivity index (χ0v) is 14.2. The van der Waals surface area contributed by atoms with E-state index < -0.39 is 0 Å². The third-order valence-corrected chi connectivity index (χ3v) is 5.11. The molecule has 1 aliphatic rings. The molecule has 1 heterocycles. The van der Waals surface area contributed by atoms with E-state index in [0.717, 1.165) is 27.7 Å². The largest absolute Gasteiger partial charge is 0.336 e. The first-order valence-electron chi connectivity index (χ1n) is 6.30. The topological polar surface area (TPSA) is 46.3 Å². The minimum absolute atomic E-state index is 0. The second kappa shape index (κ2) is 6.90. The van der Waals surface area contributed by atoms with Crippen molar-refractivity contribution in [2.24, 2.45) is 11.7 Å². The molecule has 19 heavy (non-hydrogen) atoms. The second-order valence-electron chi connectivity index (χ2n) is 5.08. The van der Waals surface area contributed by atoms with Crippen LogP contribution in [0.4, 0.5) is 0 Å². The number of halogens is 2. The number of aryl methyl sites for hydroxylation is 1. The van der Waals surface area contributed by atoms with Crippen molar-refractivity contribution in [2.45, 2.75) is 26.3 Å². The summed E-state index contributed by atoms with van der Waals surface area (Å²) in [5, 5.41) is 0. The summed E-state index contributed by atoms with van der Waals surface area (Å²) in [4.78, 5) is 14.5. The van der Waals surface area contributed by atoms with Crippen LogP contribution in [0, 0.1) is 16.4 Å². The van der Waals surface area contributed by atoms with Crippen molar-refractivity contribution in [3.05, 3.63) is 32.9 Å². The molecule has 0 saturated carbocycles. The summed E-state index contributed by atoms with van der Waals surface area (Å²) >= 11 is 2.26. The number of nitrogens with zero attached hydrogens (tertiary/aromatic N) is 1. The third kappa shape index (κ3) is 3.41. The van der Waals surface area contributed by atoms with Crippen LogP contribution in [-0.2, 0) is 0 Å². The number of likely N-dealkylation sites (tertiary alicyclic amines) is 1. The summed E-state index contributed by atoms with van der Waals surface area (Å²) in [6, 6.07) is 6.20. The van der Waals surface area contributed by atoms with E-state index in [1.165, 1.54) is 0 Å². The van der Waals surface area contributed by atoms with Crippen molar-refractivity contribution < 1.29 is 4.79 Å². The number of carbonyl (C=O) groups is 1. The van der Waals surface area contributed by atoms with Crippen molar-refractivity contribution in [1.29, 1.82) is 0 Å². The molecule has 1 aliphatic heterocycles. The Kier molecular flexibility index (Phi) is 6.08. The molecule has 1 saturated heterocycles. The molecule has 1 aromatic rings. The van der Waals surface area contributed by atoms with Gasteiger partial charge in [0, 0.05) is 16.2 Å². The Hall–Kier alpha value is -0.330. The Morgan fingerprint density at radius 1 is 1.53 bits per heavy atom. The molecule has 0 spiro atoms. The van der Waals surface area contributed by atoms with Crippen LogP contribution in [0.2, 0.25) is 0 Å². The first-order chi connectivity index (χ1) is 8.54. The number of benzene rings is 1. The second-order valence-corrected chi connectivity index (χ2v) is 6.16. The van der Waals surface area contributed by atoms with Crippen LogP contribution in [-0.4, -0.2) is 29.9 Å². The number of carbonyl (C=O) groups excluding carboxylic acids is 1. The molecule has 0 aliphatic carbocycles. The van der Waals surface area contributed by atoms with Gasteiger partial charge < -0.3 is 10.6 Å². The number of hydrogen-bond donors (Lipinski definition) is 1. The first-order valence-corrected chi connectivity index (χ1v) is 7.38. The molecule has 3 nitrogen and oxygen atoms in total. The number of rotatable bonds is 2. The molecule has 5 heteroatoms. The van der Waals surface area contributed by atoms with Gasteiger partial charge in [0.1, 0.15) is 0 Å². The van der Waals surface area contributed by atoms with Gasteiger partial charge in [-0.25, -0.2) is 0 Å². The van der Waals surface area contributed by atoms with Crippen LogP contribution < -0.4 is 5.73 Å². The van der Waals surface area contributed by atoms with E-state index in [-0.39, 0.29) is 18.3 Å². The third-order valence-electron chi connectivity index (χ3n) is 3.68. The molecular weight excluding hydrogens is 375 g/mol. The van der Waals surface area contributed by atoms with E-state index in [1.54, 1.807) is 0 Å². The highest BCUT2D eigenvalue weighted by molar-refractivity contribution is 14.1. The summed E-state index contributed by atoms with van der Waals surface area (Å²) in [5.41, 5.74) is 7.69. The monoisotopic (exact) mass is 394 g/mol. The van der Waals surface area contributed by atoms with Crippen LogP contribution in [0.3, 0.4) is 0 Å². The highest BCUT2D eigenvalue weighted by Gasteiger charge is 2.32. The standard InChI is InChI=1S/C14H19IN2O.ClH/c1-9-4-3-5-12(13(9)15)14(18)17-8-11(7-16)6-10(17)2;/h3-5,10-11H,6-8,16H2,1-2H3;1H. The SMILES string of the molecule is Cc1cccc(C(=O)N2CC(CN)CC2C)c1I.Cl. The van der Waals surface area contributed by atoms with Crippen LogP contribution in [0.1, 0.15) is 29.3 Å². The molecule has 1 amide bonds. The maximum Gasteiger partial charge on any atom is 0.255 e. The predicted molar refractivity (Wildman–Crippen MR) is 88.8 cm³/mol. The van der Waals surface area contributed by atoms with Gasteiger partial charge in [-0.3, -0.25) is 4.79 Å². The molecular formula is C14H20ClIN2O. The smallest absolute Gasteiger partial charge is 0.255 e. The Morgan fingerprint density at radius 3 is 2.79 bits per heavy atom. The van der Waals surface area contributed by atoms with Gasteiger partial charge in [-0.1, -0.05) is 12.1 Å². The molecule has 0 aromatic heterocycles. The van der Waals surface area contributed by atoms with Gasteiger partial charge in [0.15, 0.2) is 0 Å². The lowest BCUT2D eigenvalue weighted by molar-refractivity contribution is 0.0742. The van der Waals surface area contributed by atoms with Crippen molar-refractivity contribution >= 4 is 40.9 Å². The molecule has 0 radical (unpaired) electrons. The van der Waals surface area contributed by atoms with Crippen molar-refractivity contribution in [3.8, 4) is 0 Å².